The Labute approximate surface area is 182 Å². The normalized spacial score (nSPS) is 14.9. The number of rotatable bonds is 8. The van der Waals surface area contributed by atoms with Crippen molar-refractivity contribution >= 4 is 29.3 Å². The molecule has 0 aromatic heterocycles. The minimum absolute atomic E-state index is 0.153. The van der Waals surface area contributed by atoms with Crippen LogP contribution in [-0.2, 0) is 20.9 Å². The third-order valence-corrected chi connectivity index (χ3v) is 5.83. The Morgan fingerprint density at radius 2 is 1.90 bits per heavy atom. The molecule has 0 atom stereocenters. The number of para-hydroxylation sites is 1. The summed E-state index contributed by atoms with van der Waals surface area (Å²) in [6.07, 6.45) is 2.33. The third-order valence-electron chi connectivity index (χ3n) is 4.76. The molecule has 158 valence electrons. The molecule has 0 spiro atoms. The summed E-state index contributed by atoms with van der Waals surface area (Å²) < 4.78 is 5.48. The number of ether oxygens (including phenoxy) is 1. The van der Waals surface area contributed by atoms with Gasteiger partial charge in [0.1, 0.15) is 0 Å². The number of aryl methyl sites for hydroxylation is 1. The van der Waals surface area contributed by atoms with E-state index < -0.39 is 0 Å². The van der Waals surface area contributed by atoms with E-state index in [4.69, 9.17) is 4.74 Å². The fourth-order valence-electron chi connectivity index (χ4n) is 3.15. The number of benzene rings is 2. The van der Waals surface area contributed by atoms with Crippen LogP contribution in [0, 0.1) is 6.92 Å². The van der Waals surface area contributed by atoms with E-state index >= 15 is 0 Å². The van der Waals surface area contributed by atoms with E-state index in [1.165, 1.54) is 17.8 Å². The molecule has 5 nitrogen and oxygen atoms in total. The van der Waals surface area contributed by atoms with Gasteiger partial charge in [-0.25, -0.2) is 0 Å². The van der Waals surface area contributed by atoms with Gasteiger partial charge in [0.05, 0.1) is 23.2 Å². The summed E-state index contributed by atoms with van der Waals surface area (Å²) in [6, 6.07) is 15.8. The first-order valence-corrected chi connectivity index (χ1v) is 11.0. The van der Waals surface area contributed by atoms with Crippen LogP contribution in [0.1, 0.15) is 31.4 Å². The van der Waals surface area contributed by atoms with Crippen molar-refractivity contribution in [3.05, 3.63) is 70.6 Å². The zero-order valence-electron chi connectivity index (χ0n) is 17.7. The fourth-order valence-corrected chi connectivity index (χ4v) is 4.18. The Morgan fingerprint density at radius 3 is 2.67 bits per heavy atom. The summed E-state index contributed by atoms with van der Waals surface area (Å²) in [7, 11) is 0. The van der Waals surface area contributed by atoms with Crippen molar-refractivity contribution in [2.45, 2.75) is 44.7 Å². The molecule has 0 radical (unpaired) electrons. The monoisotopic (exact) mass is 424 g/mol. The van der Waals surface area contributed by atoms with Crippen molar-refractivity contribution in [2.24, 2.45) is 0 Å². The number of carbonyl (C=O) groups is 2. The third kappa shape index (κ3) is 5.74. The van der Waals surface area contributed by atoms with Crippen LogP contribution in [0.25, 0.3) is 0 Å². The van der Waals surface area contributed by atoms with Gasteiger partial charge in [0.15, 0.2) is 0 Å². The van der Waals surface area contributed by atoms with Gasteiger partial charge in [-0.1, -0.05) is 48.2 Å². The molecule has 0 bridgehead atoms. The van der Waals surface area contributed by atoms with Gasteiger partial charge >= 0.3 is 0 Å². The molecule has 0 saturated heterocycles. The molecule has 0 saturated carbocycles. The minimum atomic E-state index is -0.259. The Bertz CT molecular complexity index is 940. The van der Waals surface area contributed by atoms with E-state index in [2.05, 4.69) is 5.32 Å². The highest BCUT2D eigenvalue weighted by Gasteiger charge is 2.29. The molecule has 2 amide bonds. The summed E-state index contributed by atoms with van der Waals surface area (Å²) in [5, 5.41) is 2.84. The van der Waals surface area contributed by atoms with E-state index in [1.807, 2.05) is 69.3 Å². The number of fused-ring (bicyclic) bond motifs is 1. The highest BCUT2D eigenvalue weighted by Crippen LogP contribution is 2.41. The zero-order valence-corrected chi connectivity index (χ0v) is 18.5. The summed E-state index contributed by atoms with van der Waals surface area (Å²) in [4.78, 5) is 28.8. The smallest absolute Gasteiger partial charge is 0.265 e. The summed E-state index contributed by atoms with van der Waals surface area (Å²) in [5.41, 5.74) is 3.09. The lowest BCUT2D eigenvalue weighted by atomic mass is 10.1. The van der Waals surface area contributed by atoms with E-state index in [0.29, 0.717) is 24.6 Å². The van der Waals surface area contributed by atoms with Crippen molar-refractivity contribution in [1.82, 2.24) is 5.32 Å². The number of hydrogen-bond acceptors (Lipinski definition) is 4. The largest absolute Gasteiger partial charge is 0.379 e. The molecule has 0 unspecified atom stereocenters. The van der Waals surface area contributed by atoms with Gasteiger partial charge in [-0.3, -0.25) is 9.59 Å². The maximum Gasteiger partial charge on any atom is 0.265 e. The number of thioether (sulfide) groups is 1. The first kappa shape index (κ1) is 22.1. The molecular weight excluding hydrogens is 396 g/mol. The maximum atomic E-state index is 13.2. The van der Waals surface area contributed by atoms with Gasteiger partial charge < -0.3 is 15.0 Å². The SMILES string of the molecule is Cc1ccccc1CN1C(=O)/C(=C/C(=O)NCCCOC(C)C)Sc2ccccc21. The molecule has 1 aliphatic rings. The van der Waals surface area contributed by atoms with Crippen LogP contribution in [0.3, 0.4) is 0 Å². The van der Waals surface area contributed by atoms with Crippen molar-refractivity contribution in [2.75, 3.05) is 18.1 Å². The van der Waals surface area contributed by atoms with Crippen molar-refractivity contribution in [3.63, 3.8) is 0 Å². The molecule has 1 N–H and O–H groups in total. The molecule has 0 fully saturated rings. The standard InChI is InChI=1S/C24H28N2O3S/c1-17(2)29-14-8-13-25-23(27)15-22-24(28)26(16-19-10-5-4-9-18(19)3)20-11-6-7-12-21(20)30-22/h4-7,9-12,15,17H,8,13-14,16H2,1-3H3,(H,25,27)/b22-15-. The van der Waals surface area contributed by atoms with E-state index in [1.54, 1.807) is 4.90 Å². The van der Waals surface area contributed by atoms with Crippen molar-refractivity contribution in [1.29, 1.82) is 0 Å². The van der Waals surface area contributed by atoms with Gasteiger partial charge in [-0.2, -0.15) is 0 Å². The Kier molecular flexibility index (Phi) is 7.71. The lowest BCUT2D eigenvalue weighted by molar-refractivity contribution is -0.118. The molecule has 2 aromatic carbocycles. The Hall–Kier alpha value is -2.57. The van der Waals surface area contributed by atoms with Gasteiger partial charge in [-0.05, 0) is 50.5 Å². The summed E-state index contributed by atoms with van der Waals surface area (Å²) in [6.45, 7) is 7.58. The van der Waals surface area contributed by atoms with Gasteiger partial charge in [0.2, 0.25) is 5.91 Å². The van der Waals surface area contributed by atoms with E-state index in [0.717, 1.165) is 28.1 Å². The van der Waals surface area contributed by atoms with Crippen LogP contribution in [0.2, 0.25) is 0 Å². The first-order valence-electron chi connectivity index (χ1n) is 10.2. The minimum Gasteiger partial charge on any atom is -0.379 e. The van der Waals surface area contributed by atoms with Crippen LogP contribution in [0.5, 0.6) is 0 Å². The number of anilines is 1. The quantitative estimate of drug-likeness (QED) is 0.502. The topological polar surface area (TPSA) is 58.6 Å². The molecule has 0 aliphatic carbocycles. The average Bonchev–Trinajstić information content (AvgIpc) is 2.72. The van der Waals surface area contributed by atoms with Crippen LogP contribution in [-0.4, -0.2) is 31.1 Å². The fraction of sp³-hybridized carbons (Fsp3) is 0.333. The van der Waals surface area contributed by atoms with Gasteiger partial charge in [-0.15, -0.1) is 0 Å². The average molecular weight is 425 g/mol. The van der Waals surface area contributed by atoms with E-state index in [9.17, 15) is 9.59 Å². The second kappa shape index (κ2) is 10.5. The highest BCUT2D eigenvalue weighted by molar-refractivity contribution is 8.04. The lowest BCUT2D eigenvalue weighted by Crippen LogP contribution is -2.35. The Balaban J connectivity index is 1.74. The molecule has 2 aromatic rings. The number of nitrogens with one attached hydrogen (secondary N) is 1. The van der Waals surface area contributed by atoms with Crippen molar-refractivity contribution < 1.29 is 14.3 Å². The lowest BCUT2D eigenvalue weighted by Gasteiger charge is -2.30. The summed E-state index contributed by atoms with van der Waals surface area (Å²) in [5.74, 6) is -0.411. The number of nitrogens with zero attached hydrogens (tertiary/aromatic N) is 1. The number of amides is 2. The molecule has 1 aliphatic heterocycles. The Morgan fingerprint density at radius 1 is 1.17 bits per heavy atom. The molecule has 30 heavy (non-hydrogen) atoms. The second-order valence-electron chi connectivity index (χ2n) is 7.46. The number of carbonyl (C=O) groups excluding carboxylic acids is 2. The molecule has 3 rings (SSSR count). The zero-order chi connectivity index (χ0) is 21.5. The van der Waals surface area contributed by atoms with Gasteiger partial charge in [0, 0.05) is 24.1 Å². The van der Waals surface area contributed by atoms with Crippen LogP contribution < -0.4 is 10.2 Å². The molecule has 1 heterocycles. The predicted molar refractivity (Wildman–Crippen MR) is 121 cm³/mol. The molecular formula is C24H28N2O3S. The van der Waals surface area contributed by atoms with Crippen LogP contribution in [0.15, 0.2) is 64.4 Å². The van der Waals surface area contributed by atoms with Crippen LogP contribution >= 0.6 is 11.8 Å². The summed E-state index contributed by atoms with van der Waals surface area (Å²) >= 11 is 1.34. The van der Waals surface area contributed by atoms with E-state index in [-0.39, 0.29) is 17.9 Å². The first-order chi connectivity index (χ1) is 14.5. The predicted octanol–water partition coefficient (Wildman–Crippen LogP) is 4.45. The van der Waals surface area contributed by atoms with Crippen LogP contribution in [0.4, 0.5) is 5.69 Å². The molecule has 6 heteroatoms. The van der Waals surface area contributed by atoms with Crippen molar-refractivity contribution in [3.8, 4) is 0 Å². The highest BCUT2D eigenvalue weighted by atomic mass is 32.2. The number of hydrogen-bond donors (Lipinski definition) is 1. The van der Waals surface area contributed by atoms with Gasteiger partial charge in [0.25, 0.3) is 5.91 Å². The second-order valence-corrected chi connectivity index (χ2v) is 8.54. The maximum absolute atomic E-state index is 13.2.